The molecule has 4 aromatic carbocycles. The summed E-state index contributed by atoms with van der Waals surface area (Å²) in [6, 6.07) is 39.2. The molecule has 1 saturated heterocycles. The Hall–Kier alpha value is -4.22. The zero-order valence-corrected chi connectivity index (χ0v) is 20.5. The first-order valence-electron chi connectivity index (χ1n) is 12.5. The van der Waals surface area contributed by atoms with Gasteiger partial charge in [-0.05, 0) is 28.7 Å². The van der Waals surface area contributed by atoms with E-state index in [4.69, 9.17) is 9.47 Å². The topological polar surface area (TPSA) is 55.8 Å². The van der Waals surface area contributed by atoms with Crippen LogP contribution in [0.4, 0.5) is 4.79 Å². The average Bonchev–Trinajstić information content (AvgIpc) is 3.34. The molecule has 0 spiro atoms. The van der Waals surface area contributed by atoms with Crippen LogP contribution in [0.5, 0.6) is 0 Å². The zero-order chi connectivity index (χ0) is 25.5. The summed E-state index contributed by atoms with van der Waals surface area (Å²) in [5, 5.41) is 0. The van der Waals surface area contributed by atoms with E-state index in [1.807, 2.05) is 121 Å². The second-order valence-electron chi connectivity index (χ2n) is 9.09. The first-order valence-corrected chi connectivity index (χ1v) is 12.5. The molecule has 186 valence electrons. The van der Waals surface area contributed by atoms with Crippen molar-refractivity contribution in [1.82, 2.24) is 4.90 Å². The molecule has 1 aliphatic heterocycles. The predicted molar refractivity (Wildman–Crippen MR) is 142 cm³/mol. The van der Waals surface area contributed by atoms with Crippen molar-refractivity contribution in [1.29, 1.82) is 0 Å². The molecular formula is C32H29NO4. The van der Waals surface area contributed by atoms with Gasteiger partial charge >= 0.3 is 6.09 Å². The van der Waals surface area contributed by atoms with Gasteiger partial charge in [0.2, 0.25) is 5.91 Å². The van der Waals surface area contributed by atoms with Gasteiger partial charge in [0.1, 0.15) is 12.2 Å². The number of carbonyl (C=O) groups excluding carboxylic acids is 2. The van der Waals surface area contributed by atoms with Crippen LogP contribution in [0, 0.1) is 0 Å². The van der Waals surface area contributed by atoms with Gasteiger partial charge in [0.05, 0.1) is 12.6 Å². The molecule has 0 radical (unpaired) electrons. The maximum absolute atomic E-state index is 13.0. The Morgan fingerprint density at radius 3 is 1.68 bits per heavy atom. The molecule has 37 heavy (non-hydrogen) atoms. The molecule has 1 fully saturated rings. The predicted octanol–water partition coefficient (Wildman–Crippen LogP) is 6.32. The molecule has 5 nitrogen and oxygen atoms in total. The Bertz CT molecular complexity index is 1210. The van der Waals surface area contributed by atoms with Crippen LogP contribution in [0.25, 0.3) is 0 Å². The van der Waals surface area contributed by atoms with Crippen LogP contribution in [0.15, 0.2) is 121 Å². The SMILES string of the molecule is O=C1CCC(COC(c2ccccc2)(c2ccccc2)c2ccccc2)N1C(=O)OCc1ccccc1. The van der Waals surface area contributed by atoms with Crippen LogP contribution in [0.3, 0.4) is 0 Å². The van der Waals surface area contributed by atoms with Crippen molar-refractivity contribution in [2.75, 3.05) is 6.61 Å². The van der Waals surface area contributed by atoms with E-state index in [-0.39, 0.29) is 25.5 Å². The second kappa shape index (κ2) is 11.2. The monoisotopic (exact) mass is 491 g/mol. The maximum Gasteiger partial charge on any atom is 0.417 e. The third-order valence-electron chi connectivity index (χ3n) is 6.76. The molecule has 0 N–H and O–H groups in total. The van der Waals surface area contributed by atoms with E-state index in [0.29, 0.717) is 6.42 Å². The van der Waals surface area contributed by atoms with E-state index in [9.17, 15) is 9.59 Å². The van der Waals surface area contributed by atoms with Gasteiger partial charge in [-0.1, -0.05) is 121 Å². The largest absolute Gasteiger partial charge is 0.444 e. The van der Waals surface area contributed by atoms with E-state index in [1.54, 1.807) is 0 Å². The minimum atomic E-state index is -0.922. The number of ether oxygens (including phenoxy) is 2. The molecule has 0 aliphatic carbocycles. The quantitative estimate of drug-likeness (QED) is 0.271. The molecule has 1 atom stereocenters. The fourth-order valence-corrected chi connectivity index (χ4v) is 4.93. The van der Waals surface area contributed by atoms with Crippen molar-refractivity contribution in [2.24, 2.45) is 0 Å². The number of likely N-dealkylation sites (tertiary alicyclic amines) is 1. The number of hydrogen-bond donors (Lipinski definition) is 0. The molecule has 4 aromatic rings. The van der Waals surface area contributed by atoms with Gasteiger partial charge in [-0.3, -0.25) is 4.79 Å². The van der Waals surface area contributed by atoms with Crippen molar-refractivity contribution < 1.29 is 19.1 Å². The Balaban J connectivity index is 1.45. The van der Waals surface area contributed by atoms with Crippen molar-refractivity contribution in [3.05, 3.63) is 144 Å². The number of hydrogen-bond acceptors (Lipinski definition) is 4. The van der Waals surface area contributed by atoms with Gasteiger partial charge in [0, 0.05) is 6.42 Å². The number of nitrogens with zero attached hydrogens (tertiary/aromatic N) is 1. The summed E-state index contributed by atoms with van der Waals surface area (Å²) in [7, 11) is 0. The minimum absolute atomic E-state index is 0.110. The van der Waals surface area contributed by atoms with Crippen LogP contribution < -0.4 is 0 Å². The summed E-state index contributed by atoms with van der Waals surface area (Å²) in [6.07, 6.45) is 0.168. The zero-order valence-electron chi connectivity index (χ0n) is 20.5. The van der Waals surface area contributed by atoms with E-state index >= 15 is 0 Å². The first-order chi connectivity index (χ1) is 18.2. The highest BCUT2D eigenvalue weighted by molar-refractivity contribution is 5.94. The van der Waals surface area contributed by atoms with Crippen molar-refractivity contribution in [2.45, 2.75) is 31.1 Å². The van der Waals surface area contributed by atoms with E-state index in [1.165, 1.54) is 4.90 Å². The maximum atomic E-state index is 13.0. The Morgan fingerprint density at radius 2 is 1.19 bits per heavy atom. The number of imide groups is 1. The van der Waals surface area contributed by atoms with Gasteiger partial charge in [-0.2, -0.15) is 0 Å². The summed E-state index contributed by atoms with van der Waals surface area (Å²) < 4.78 is 12.4. The highest BCUT2D eigenvalue weighted by atomic mass is 16.6. The molecule has 0 saturated carbocycles. The van der Waals surface area contributed by atoms with Gasteiger partial charge in [0.25, 0.3) is 0 Å². The Labute approximate surface area is 217 Å². The van der Waals surface area contributed by atoms with Crippen LogP contribution in [0.2, 0.25) is 0 Å². The summed E-state index contributed by atoms with van der Waals surface area (Å²) in [5.74, 6) is -0.239. The molecule has 5 rings (SSSR count). The third kappa shape index (κ3) is 5.18. The van der Waals surface area contributed by atoms with E-state index in [2.05, 4.69) is 0 Å². The Kier molecular flexibility index (Phi) is 7.43. The van der Waals surface area contributed by atoms with Gasteiger partial charge in [0.15, 0.2) is 0 Å². The normalized spacial score (nSPS) is 15.5. The van der Waals surface area contributed by atoms with E-state index in [0.717, 1.165) is 22.3 Å². The van der Waals surface area contributed by atoms with Gasteiger partial charge in [-0.15, -0.1) is 0 Å². The highest BCUT2D eigenvalue weighted by Crippen LogP contribution is 2.41. The average molecular weight is 492 g/mol. The van der Waals surface area contributed by atoms with Crippen LogP contribution in [-0.2, 0) is 26.5 Å². The Morgan fingerprint density at radius 1 is 0.730 bits per heavy atom. The summed E-state index contributed by atoms with van der Waals surface area (Å²) >= 11 is 0. The summed E-state index contributed by atoms with van der Waals surface area (Å²) in [6.45, 7) is 0.282. The lowest BCUT2D eigenvalue weighted by molar-refractivity contribution is -0.128. The fourth-order valence-electron chi connectivity index (χ4n) is 4.93. The standard InChI is InChI=1S/C32H29NO4/c34-30-22-21-29(33(30)31(35)36-23-25-13-5-1-6-14-25)24-37-32(26-15-7-2-8-16-26,27-17-9-3-10-18-27)28-19-11-4-12-20-28/h1-20,29H,21-24H2. The summed E-state index contributed by atoms with van der Waals surface area (Å²) in [5.41, 5.74) is 2.85. The van der Waals surface area contributed by atoms with Crippen LogP contribution in [-0.4, -0.2) is 29.5 Å². The summed E-state index contributed by atoms with van der Waals surface area (Å²) in [4.78, 5) is 27.0. The molecule has 5 heteroatoms. The third-order valence-corrected chi connectivity index (χ3v) is 6.76. The lowest BCUT2D eigenvalue weighted by atomic mass is 9.80. The molecule has 1 aliphatic rings. The van der Waals surface area contributed by atoms with Crippen LogP contribution in [0.1, 0.15) is 35.1 Å². The molecular weight excluding hydrogens is 462 g/mol. The first kappa shape index (κ1) is 24.5. The number of rotatable bonds is 8. The number of benzene rings is 4. The smallest absolute Gasteiger partial charge is 0.417 e. The minimum Gasteiger partial charge on any atom is -0.444 e. The van der Waals surface area contributed by atoms with E-state index < -0.39 is 17.7 Å². The number of carbonyl (C=O) groups is 2. The number of amides is 2. The molecule has 1 heterocycles. The molecule has 2 amide bonds. The van der Waals surface area contributed by atoms with Gasteiger partial charge in [-0.25, -0.2) is 9.69 Å². The highest BCUT2D eigenvalue weighted by Gasteiger charge is 2.42. The lowest BCUT2D eigenvalue weighted by Crippen LogP contribution is -2.44. The van der Waals surface area contributed by atoms with Crippen molar-refractivity contribution in [3.63, 3.8) is 0 Å². The van der Waals surface area contributed by atoms with Crippen molar-refractivity contribution in [3.8, 4) is 0 Å². The molecule has 1 unspecified atom stereocenters. The molecule has 0 aromatic heterocycles. The molecule has 0 bridgehead atoms. The van der Waals surface area contributed by atoms with Gasteiger partial charge < -0.3 is 9.47 Å². The second-order valence-corrected chi connectivity index (χ2v) is 9.09. The fraction of sp³-hybridized carbons (Fsp3) is 0.188. The van der Waals surface area contributed by atoms with Crippen LogP contribution >= 0.6 is 0 Å². The van der Waals surface area contributed by atoms with Crippen molar-refractivity contribution >= 4 is 12.0 Å². The lowest BCUT2D eigenvalue weighted by Gasteiger charge is -2.37.